The zero-order valence-corrected chi connectivity index (χ0v) is 35.9. The molecular weight excluding hydrogens is 844 g/mol. The first-order valence-electron chi connectivity index (χ1n) is 18.8. The summed E-state index contributed by atoms with van der Waals surface area (Å²) in [5, 5.41) is 7.32. The van der Waals surface area contributed by atoms with E-state index in [1.54, 1.807) is 0 Å². The standard InChI is InChI=1S/C48H52N4O.Pt/c1-31-45(34-15-13-12-14-16-34)32(2)52(50-31)37-26-36(48(9,10)11)27-39(29-37)53-38-18-19-40-41-25-33(21-23-46(3,4)5)17-20-42(41)51(43(40)30-38)44-28-35(22-24-49-44)47(6,7)8;/h12-20,22,24-28H,21,23H2,1-11H3;/q-2;+2. The number of rotatable bonds is 7. The van der Waals surface area contributed by atoms with Crippen molar-refractivity contribution in [3.05, 3.63) is 131 Å². The van der Waals surface area contributed by atoms with E-state index in [0.29, 0.717) is 11.5 Å². The van der Waals surface area contributed by atoms with Crippen LogP contribution in [0.3, 0.4) is 0 Å². The molecule has 4 aromatic carbocycles. The van der Waals surface area contributed by atoms with Crippen LogP contribution in [0.4, 0.5) is 0 Å². The first kappa shape index (κ1) is 39.2. The van der Waals surface area contributed by atoms with Gasteiger partial charge >= 0.3 is 21.1 Å². The van der Waals surface area contributed by atoms with Gasteiger partial charge in [0.1, 0.15) is 5.82 Å². The molecule has 0 aliphatic carbocycles. The summed E-state index contributed by atoms with van der Waals surface area (Å²) < 4.78 is 11.0. The number of fused-ring (bicyclic) bond motifs is 3. The maximum absolute atomic E-state index is 6.72. The Morgan fingerprint density at radius 3 is 2.11 bits per heavy atom. The molecular formula is C48H52N4OPt. The summed E-state index contributed by atoms with van der Waals surface area (Å²) in [5.74, 6) is 2.11. The van der Waals surface area contributed by atoms with Gasteiger partial charge in [-0.25, -0.2) is 4.98 Å². The van der Waals surface area contributed by atoms with Crippen LogP contribution in [0.5, 0.6) is 11.5 Å². The van der Waals surface area contributed by atoms with Crippen LogP contribution in [0.25, 0.3) is 44.4 Å². The minimum Gasteiger partial charge on any atom is -0.509 e. The predicted molar refractivity (Wildman–Crippen MR) is 220 cm³/mol. The number of nitrogens with zero attached hydrogens (tertiary/aromatic N) is 4. The molecule has 7 rings (SSSR count). The van der Waals surface area contributed by atoms with Crippen LogP contribution in [0, 0.1) is 31.4 Å². The molecule has 0 saturated carbocycles. The minimum absolute atomic E-state index is 0. The Morgan fingerprint density at radius 1 is 0.704 bits per heavy atom. The van der Waals surface area contributed by atoms with Gasteiger partial charge in [0.05, 0.1) is 5.69 Å². The molecule has 0 radical (unpaired) electrons. The van der Waals surface area contributed by atoms with Crippen LogP contribution in [-0.4, -0.2) is 19.3 Å². The van der Waals surface area contributed by atoms with Crippen molar-refractivity contribution in [2.75, 3.05) is 0 Å². The Bertz CT molecular complexity index is 2450. The van der Waals surface area contributed by atoms with E-state index >= 15 is 0 Å². The summed E-state index contributed by atoms with van der Waals surface area (Å²) in [6, 6.07) is 37.4. The monoisotopic (exact) mass is 895 g/mol. The third-order valence-corrected chi connectivity index (χ3v) is 10.2. The van der Waals surface area contributed by atoms with Crippen LogP contribution in [0.15, 0.2) is 91.1 Å². The molecule has 0 aliphatic rings. The number of aromatic nitrogens is 4. The Balaban J connectivity index is 0.00000497. The number of pyridine rings is 1. The summed E-state index contributed by atoms with van der Waals surface area (Å²) in [7, 11) is 0. The minimum atomic E-state index is -0.130. The fourth-order valence-corrected chi connectivity index (χ4v) is 7.10. The van der Waals surface area contributed by atoms with Crippen LogP contribution in [0.1, 0.15) is 96.8 Å². The molecule has 5 nitrogen and oxygen atoms in total. The Hall–Kier alpha value is -4.47. The van der Waals surface area contributed by atoms with Crippen molar-refractivity contribution < 1.29 is 25.8 Å². The average Bonchev–Trinajstić information content (AvgIpc) is 3.58. The van der Waals surface area contributed by atoms with E-state index in [4.69, 9.17) is 14.8 Å². The Labute approximate surface area is 336 Å². The van der Waals surface area contributed by atoms with Crippen molar-refractivity contribution in [2.45, 2.75) is 99.8 Å². The van der Waals surface area contributed by atoms with Crippen LogP contribution >= 0.6 is 0 Å². The van der Waals surface area contributed by atoms with Gasteiger partial charge in [-0.15, -0.1) is 41.3 Å². The van der Waals surface area contributed by atoms with Gasteiger partial charge in [0.15, 0.2) is 0 Å². The predicted octanol–water partition coefficient (Wildman–Crippen LogP) is 12.6. The summed E-state index contributed by atoms with van der Waals surface area (Å²) in [5.41, 5.74) is 11.0. The normalized spacial score (nSPS) is 12.4. The van der Waals surface area contributed by atoms with Crippen LogP contribution in [0.2, 0.25) is 0 Å². The summed E-state index contributed by atoms with van der Waals surface area (Å²) in [6.07, 6.45) is 4.06. The second kappa shape index (κ2) is 14.6. The van der Waals surface area contributed by atoms with E-state index in [2.05, 4.69) is 166 Å². The largest absolute Gasteiger partial charge is 2.00 e. The number of hydrogen-bond acceptors (Lipinski definition) is 3. The molecule has 6 heteroatoms. The van der Waals surface area contributed by atoms with Crippen molar-refractivity contribution in [2.24, 2.45) is 5.41 Å². The first-order chi connectivity index (χ1) is 25.0. The third kappa shape index (κ3) is 7.98. The second-order valence-corrected chi connectivity index (χ2v) is 17.8. The van der Waals surface area contributed by atoms with Crippen molar-refractivity contribution in [1.29, 1.82) is 0 Å². The molecule has 0 bridgehead atoms. The molecule has 3 aromatic heterocycles. The molecule has 0 unspecified atom stereocenters. The summed E-state index contributed by atoms with van der Waals surface area (Å²) >= 11 is 0. The molecule has 0 amide bonds. The number of hydrogen-bond donors (Lipinski definition) is 0. The van der Waals surface area contributed by atoms with E-state index < -0.39 is 0 Å². The van der Waals surface area contributed by atoms with E-state index in [-0.39, 0.29) is 37.3 Å². The smallest absolute Gasteiger partial charge is 0.509 e. The van der Waals surface area contributed by atoms with Gasteiger partial charge in [0.2, 0.25) is 0 Å². The fourth-order valence-electron chi connectivity index (χ4n) is 7.10. The molecule has 0 aliphatic heterocycles. The van der Waals surface area contributed by atoms with Gasteiger partial charge in [-0.2, -0.15) is 11.2 Å². The molecule has 7 aromatic rings. The topological polar surface area (TPSA) is 44.9 Å². The SMILES string of the molecule is Cc1nn(-c2[c-]c(Oc3[c-]c4c(cc3)c3cc(CCC(C)(C)C)ccc3n4-c3cc(C(C)(C)C)ccn3)cc(C(C)(C)C)c2)c(C)c1-c1ccccc1.[Pt+2]. The molecule has 54 heavy (non-hydrogen) atoms. The molecule has 0 saturated heterocycles. The summed E-state index contributed by atoms with van der Waals surface area (Å²) in [6.45, 7) is 24.5. The molecule has 280 valence electrons. The van der Waals surface area contributed by atoms with Gasteiger partial charge in [-0.05, 0) is 88.9 Å². The van der Waals surface area contributed by atoms with E-state index in [0.717, 1.165) is 68.8 Å². The fraction of sp³-hybridized carbons (Fsp3) is 0.333. The zero-order chi connectivity index (χ0) is 37.9. The van der Waals surface area contributed by atoms with Crippen molar-refractivity contribution >= 4 is 21.8 Å². The first-order valence-corrected chi connectivity index (χ1v) is 18.8. The second-order valence-electron chi connectivity index (χ2n) is 17.8. The van der Waals surface area contributed by atoms with E-state index in [1.807, 2.05) is 23.0 Å². The molecule has 3 heterocycles. The van der Waals surface area contributed by atoms with E-state index in [9.17, 15) is 0 Å². The van der Waals surface area contributed by atoms with E-state index in [1.165, 1.54) is 16.5 Å². The third-order valence-electron chi connectivity index (χ3n) is 10.2. The quantitative estimate of drug-likeness (QED) is 0.150. The summed E-state index contributed by atoms with van der Waals surface area (Å²) in [4.78, 5) is 4.91. The van der Waals surface area contributed by atoms with Gasteiger partial charge in [0.25, 0.3) is 0 Å². The molecule has 0 atom stereocenters. The number of aryl methyl sites for hydroxylation is 2. The average molecular weight is 896 g/mol. The molecule has 0 spiro atoms. The Kier molecular flexibility index (Phi) is 10.6. The van der Waals surface area contributed by atoms with Crippen LogP contribution < -0.4 is 4.74 Å². The van der Waals surface area contributed by atoms with Gasteiger partial charge in [0, 0.05) is 34.5 Å². The molecule has 0 N–H and O–H groups in total. The van der Waals surface area contributed by atoms with Crippen molar-refractivity contribution in [3.63, 3.8) is 0 Å². The maximum Gasteiger partial charge on any atom is 2.00 e. The van der Waals surface area contributed by atoms with Gasteiger partial charge in [-0.3, -0.25) is 4.68 Å². The molecule has 0 fully saturated rings. The zero-order valence-electron chi connectivity index (χ0n) is 33.6. The van der Waals surface area contributed by atoms with Crippen LogP contribution in [-0.2, 0) is 38.3 Å². The number of ether oxygens (including phenoxy) is 1. The Morgan fingerprint density at radius 2 is 1.43 bits per heavy atom. The maximum atomic E-state index is 6.72. The van der Waals surface area contributed by atoms with Crippen molar-refractivity contribution in [1.82, 2.24) is 19.3 Å². The van der Waals surface area contributed by atoms with Gasteiger partial charge < -0.3 is 9.30 Å². The van der Waals surface area contributed by atoms with Crippen molar-refractivity contribution in [3.8, 4) is 34.1 Å². The number of benzene rings is 4. The van der Waals surface area contributed by atoms with Gasteiger partial charge in [-0.1, -0.05) is 110 Å².